The molecule has 3 N–H and O–H groups in total. The van der Waals surface area contributed by atoms with Crippen LogP contribution in [0.2, 0.25) is 0 Å². The summed E-state index contributed by atoms with van der Waals surface area (Å²) in [5, 5.41) is 26.0. The molecule has 8 heteroatoms. The van der Waals surface area contributed by atoms with Crippen molar-refractivity contribution in [3.63, 3.8) is 0 Å². The van der Waals surface area contributed by atoms with Crippen molar-refractivity contribution < 1.29 is 4.79 Å². The maximum Gasteiger partial charge on any atom is 0.319 e. The lowest BCUT2D eigenvalue weighted by Crippen LogP contribution is -2.49. The van der Waals surface area contributed by atoms with Crippen molar-refractivity contribution in [1.29, 1.82) is 5.26 Å². The Morgan fingerprint density at radius 3 is 2.43 bits per heavy atom. The van der Waals surface area contributed by atoms with Crippen LogP contribution in [0.25, 0.3) is 0 Å². The average molecular weight is 379 g/mol. The highest BCUT2D eigenvalue weighted by Crippen LogP contribution is 2.19. The molecule has 1 fully saturated rings. The normalized spacial score (nSPS) is 18.8. The number of aromatic nitrogens is 2. The summed E-state index contributed by atoms with van der Waals surface area (Å²) in [7, 11) is 1.87. The molecule has 1 aliphatic heterocycles. The number of carbonyl (C=O) groups excluding carboxylic acids is 1. The molecule has 1 unspecified atom stereocenters. The van der Waals surface area contributed by atoms with Crippen molar-refractivity contribution in [1.82, 2.24) is 20.8 Å². The van der Waals surface area contributed by atoms with Crippen molar-refractivity contribution in [2.45, 2.75) is 31.8 Å². The second-order valence-corrected chi connectivity index (χ2v) is 7.17. The molecule has 2 amide bonds. The summed E-state index contributed by atoms with van der Waals surface area (Å²) in [6, 6.07) is 13.0. The summed E-state index contributed by atoms with van der Waals surface area (Å²) < 4.78 is 0. The van der Waals surface area contributed by atoms with Crippen molar-refractivity contribution >= 4 is 17.5 Å². The lowest BCUT2D eigenvalue weighted by atomic mass is 10.0. The predicted octanol–water partition coefficient (Wildman–Crippen LogP) is 2.07. The zero-order valence-electron chi connectivity index (χ0n) is 16.3. The van der Waals surface area contributed by atoms with Crippen molar-refractivity contribution in [3.05, 3.63) is 47.7 Å². The van der Waals surface area contributed by atoms with E-state index in [0.717, 1.165) is 5.69 Å². The Balaban J connectivity index is 1.60. The molecule has 0 saturated carbocycles. The molecule has 0 radical (unpaired) electrons. The van der Waals surface area contributed by atoms with Crippen LogP contribution >= 0.6 is 0 Å². The average Bonchev–Trinajstić information content (AvgIpc) is 3.11. The van der Waals surface area contributed by atoms with Gasteiger partial charge in [0.2, 0.25) is 0 Å². The van der Waals surface area contributed by atoms with E-state index >= 15 is 0 Å². The van der Waals surface area contributed by atoms with Crippen LogP contribution in [0, 0.1) is 11.3 Å². The van der Waals surface area contributed by atoms with Gasteiger partial charge in [0.05, 0.1) is 6.04 Å². The van der Waals surface area contributed by atoms with Gasteiger partial charge in [0.25, 0.3) is 0 Å². The molecule has 8 nitrogen and oxygen atoms in total. The van der Waals surface area contributed by atoms with Gasteiger partial charge in [-0.3, -0.25) is 0 Å². The molecule has 28 heavy (non-hydrogen) atoms. The molecule has 0 bridgehead atoms. The predicted molar refractivity (Wildman–Crippen MR) is 108 cm³/mol. The largest absolute Gasteiger partial charge is 0.351 e. The van der Waals surface area contributed by atoms with Gasteiger partial charge in [-0.1, -0.05) is 26.0 Å². The van der Waals surface area contributed by atoms with Gasteiger partial charge in [-0.05, 0) is 42.8 Å². The molecule has 1 aliphatic rings. The molecule has 3 rings (SSSR count). The Hall–Kier alpha value is -3.18. The second-order valence-electron chi connectivity index (χ2n) is 7.17. The number of nitriles is 1. The maximum absolute atomic E-state index is 12.4. The van der Waals surface area contributed by atoms with Crippen LogP contribution in [-0.4, -0.2) is 48.4 Å². The lowest BCUT2D eigenvalue weighted by molar-refractivity contribution is 0.247. The number of hydrogen-bond donors (Lipinski definition) is 3. The molecule has 0 spiro atoms. The number of carbonyl (C=O) groups is 1. The number of rotatable bonds is 5. The third kappa shape index (κ3) is 4.56. The van der Waals surface area contributed by atoms with E-state index in [9.17, 15) is 4.79 Å². The van der Waals surface area contributed by atoms with Gasteiger partial charge < -0.3 is 20.9 Å². The van der Waals surface area contributed by atoms with E-state index in [-0.39, 0.29) is 23.8 Å². The zero-order valence-corrected chi connectivity index (χ0v) is 16.3. The Bertz CT molecular complexity index is 842. The number of nitrogens with one attached hydrogen (secondary N) is 3. The van der Waals surface area contributed by atoms with Gasteiger partial charge >= 0.3 is 6.03 Å². The lowest BCUT2D eigenvalue weighted by Gasteiger charge is -2.19. The molecule has 2 atom stereocenters. The van der Waals surface area contributed by atoms with Crippen LogP contribution in [0.5, 0.6) is 0 Å². The van der Waals surface area contributed by atoms with Gasteiger partial charge in [-0.2, -0.15) is 5.26 Å². The Kier molecular flexibility index (Phi) is 6.06. The van der Waals surface area contributed by atoms with Crippen molar-refractivity contribution in [2.75, 3.05) is 30.4 Å². The van der Waals surface area contributed by atoms with E-state index in [0.29, 0.717) is 24.8 Å². The van der Waals surface area contributed by atoms with Gasteiger partial charge in [-0.25, -0.2) is 4.79 Å². The first-order valence-electron chi connectivity index (χ1n) is 9.33. The van der Waals surface area contributed by atoms with Gasteiger partial charge in [0.15, 0.2) is 11.5 Å². The fourth-order valence-corrected chi connectivity index (χ4v) is 3.27. The summed E-state index contributed by atoms with van der Waals surface area (Å²) >= 11 is 0. The van der Waals surface area contributed by atoms with Crippen LogP contribution in [0.4, 0.5) is 16.3 Å². The molecule has 1 aromatic heterocycles. The monoisotopic (exact) mass is 379 g/mol. The molecular weight excluding hydrogens is 354 g/mol. The molecule has 2 heterocycles. The van der Waals surface area contributed by atoms with E-state index in [1.807, 2.05) is 42.3 Å². The molecule has 0 aliphatic carbocycles. The number of likely N-dealkylation sites (N-methyl/N-ethyl adjacent to an activating group) is 1. The minimum absolute atomic E-state index is 0.0755. The second kappa shape index (κ2) is 8.67. The Labute approximate surface area is 165 Å². The SMILES string of the molecule is CN[C@@H]1CN(c2ccc(C#N)nn2)CC1NC(=O)Nc1ccc(C(C)C)cc1. The van der Waals surface area contributed by atoms with Crippen LogP contribution in [0.3, 0.4) is 0 Å². The Morgan fingerprint density at radius 2 is 1.86 bits per heavy atom. The molecular formula is C20H25N7O. The first-order valence-corrected chi connectivity index (χ1v) is 9.33. The van der Waals surface area contributed by atoms with Crippen molar-refractivity contribution in [2.24, 2.45) is 0 Å². The zero-order chi connectivity index (χ0) is 20.1. The van der Waals surface area contributed by atoms with Gasteiger partial charge in [0, 0.05) is 24.8 Å². The topological polar surface area (TPSA) is 106 Å². The number of benzene rings is 1. The van der Waals surface area contributed by atoms with E-state index < -0.39 is 0 Å². The van der Waals surface area contributed by atoms with Crippen LogP contribution in [-0.2, 0) is 0 Å². The third-order valence-corrected chi connectivity index (χ3v) is 4.93. The highest BCUT2D eigenvalue weighted by atomic mass is 16.2. The fraction of sp³-hybridized carbons (Fsp3) is 0.400. The molecule has 1 aromatic carbocycles. The van der Waals surface area contributed by atoms with E-state index in [1.165, 1.54) is 5.56 Å². The third-order valence-electron chi connectivity index (χ3n) is 4.93. The smallest absolute Gasteiger partial charge is 0.319 e. The number of urea groups is 1. The minimum atomic E-state index is -0.240. The highest BCUT2D eigenvalue weighted by molar-refractivity contribution is 5.89. The number of nitrogens with zero attached hydrogens (tertiary/aromatic N) is 4. The number of hydrogen-bond acceptors (Lipinski definition) is 6. The first kappa shape index (κ1) is 19.6. The highest BCUT2D eigenvalue weighted by Gasteiger charge is 2.33. The molecule has 146 valence electrons. The summed E-state index contributed by atoms with van der Waals surface area (Å²) in [4.78, 5) is 14.5. The summed E-state index contributed by atoms with van der Waals surface area (Å²) in [5.74, 6) is 1.14. The fourth-order valence-electron chi connectivity index (χ4n) is 3.27. The Morgan fingerprint density at radius 1 is 1.14 bits per heavy atom. The summed E-state index contributed by atoms with van der Waals surface area (Å²) in [6.07, 6.45) is 0. The van der Waals surface area contributed by atoms with Crippen LogP contribution in [0.15, 0.2) is 36.4 Å². The van der Waals surface area contributed by atoms with Crippen LogP contribution in [0.1, 0.15) is 31.0 Å². The van der Waals surface area contributed by atoms with Gasteiger partial charge in [0.1, 0.15) is 6.07 Å². The standard InChI is InChI=1S/C20H25N7O/c1-13(2)14-4-6-15(7-5-14)23-20(28)24-18-12-27(11-17(18)22-3)19-9-8-16(10-21)25-26-19/h4-9,13,17-18,22H,11-12H2,1-3H3,(H2,23,24,28)/t17-,18?/m1/s1. The summed E-state index contributed by atoms with van der Waals surface area (Å²) in [5.41, 5.74) is 2.28. The molecule has 2 aromatic rings. The van der Waals surface area contributed by atoms with Gasteiger partial charge in [-0.15, -0.1) is 10.2 Å². The van der Waals surface area contributed by atoms with Crippen LogP contribution < -0.4 is 20.9 Å². The van der Waals surface area contributed by atoms with Crippen molar-refractivity contribution in [3.8, 4) is 6.07 Å². The first-order chi connectivity index (χ1) is 13.5. The minimum Gasteiger partial charge on any atom is -0.351 e. The quantitative estimate of drug-likeness (QED) is 0.734. The molecule has 1 saturated heterocycles. The van der Waals surface area contributed by atoms with E-state index in [4.69, 9.17) is 5.26 Å². The number of anilines is 2. The summed E-state index contributed by atoms with van der Waals surface area (Å²) in [6.45, 7) is 5.56. The van der Waals surface area contributed by atoms with E-state index in [1.54, 1.807) is 12.1 Å². The maximum atomic E-state index is 12.4. The number of amides is 2. The van der Waals surface area contributed by atoms with E-state index in [2.05, 4.69) is 40.0 Å².